The zero-order valence-corrected chi connectivity index (χ0v) is 7.50. The Morgan fingerprint density at radius 1 is 1.43 bits per heavy atom. The number of benzene rings is 1. The first-order valence-electron chi connectivity index (χ1n) is 4.10. The highest BCUT2D eigenvalue weighted by Crippen LogP contribution is 2.20. The van der Waals surface area contributed by atoms with Crippen molar-refractivity contribution in [1.82, 2.24) is 0 Å². The average Bonchev–Trinajstić information content (AvgIpc) is 2.17. The SMILES string of the molecule is NCCC(=O)c1cc(N)cc(OF)c1. The van der Waals surface area contributed by atoms with Gasteiger partial charge >= 0.3 is 0 Å². The number of anilines is 1. The number of carbonyl (C=O) groups is 1. The van der Waals surface area contributed by atoms with Crippen LogP contribution >= 0.6 is 0 Å². The Kier molecular flexibility index (Phi) is 3.41. The maximum atomic E-state index is 11.8. The Morgan fingerprint density at radius 3 is 2.71 bits per heavy atom. The minimum Gasteiger partial charge on any atom is -0.399 e. The van der Waals surface area contributed by atoms with Crippen LogP contribution in [0.3, 0.4) is 0 Å². The summed E-state index contributed by atoms with van der Waals surface area (Å²) in [4.78, 5) is 14.9. The fourth-order valence-electron chi connectivity index (χ4n) is 1.10. The van der Waals surface area contributed by atoms with Gasteiger partial charge in [0.25, 0.3) is 0 Å². The van der Waals surface area contributed by atoms with Gasteiger partial charge in [-0.25, -0.2) is 0 Å². The monoisotopic (exact) mass is 198 g/mol. The fourth-order valence-corrected chi connectivity index (χ4v) is 1.10. The van der Waals surface area contributed by atoms with Crippen molar-refractivity contribution >= 4 is 11.5 Å². The van der Waals surface area contributed by atoms with Crippen LogP contribution in [0.25, 0.3) is 0 Å². The summed E-state index contributed by atoms with van der Waals surface area (Å²) in [5, 5.41) is 0. The first-order valence-corrected chi connectivity index (χ1v) is 4.10. The lowest BCUT2D eigenvalue weighted by Gasteiger charge is -2.02. The third kappa shape index (κ3) is 2.43. The van der Waals surface area contributed by atoms with Crippen molar-refractivity contribution < 1.29 is 14.3 Å². The molecule has 0 fully saturated rings. The predicted molar refractivity (Wildman–Crippen MR) is 50.6 cm³/mol. The van der Waals surface area contributed by atoms with E-state index in [0.717, 1.165) is 0 Å². The Balaban J connectivity index is 2.96. The standard InChI is InChI=1S/C9H11FN2O2/c10-14-8-4-6(3-7(12)5-8)9(13)1-2-11/h3-5H,1-2,11-12H2. The molecule has 1 rings (SSSR count). The molecular weight excluding hydrogens is 187 g/mol. The molecule has 1 aromatic carbocycles. The molecule has 14 heavy (non-hydrogen) atoms. The van der Waals surface area contributed by atoms with E-state index >= 15 is 0 Å². The first kappa shape index (κ1) is 10.5. The van der Waals surface area contributed by atoms with Gasteiger partial charge in [0.2, 0.25) is 0 Å². The maximum Gasteiger partial charge on any atom is 0.174 e. The normalized spacial score (nSPS) is 9.86. The van der Waals surface area contributed by atoms with Gasteiger partial charge in [0.1, 0.15) is 0 Å². The highest BCUT2D eigenvalue weighted by Gasteiger charge is 2.08. The molecule has 0 heterocycles. The van der Waals surface area contributed by atoms with Crippen LogP contribution in [0.2, 0.25) is 0 Å². The van der Waals surface area contributed by atoms with E-state index in [-0.39, 0.29) is 30.2 Å². The number of ketones is 1. The average molecular weight is 198 g/mol. The molecule has 0 atom stereocenters. The van der Waals surface area contributed by atoms with E-state index < -0.39 is 0 Å². The minimum absolute atomic E-state index is 0.0784. The van der Waals surface area contributed by atoms with Gasteiger partial charge in [-0.15, -0.1) is 0 Å². The summed E-state index contributed by atoms with van der Waals surface area (Å²) < 4.78 is 11.8. The molecule has 0 amide bonds. The van der Waals surface area contributed by atoms with Gasteiger partial charge in [0.05, 0.1) is 0 Å². The van der Waals surface area contributed by atoms with Crippen molar-refractivity contribution in [3.8, 4) is 5.75 Å². The topological polar surface area (TPSA) is 78.3 Å². The van der Waals surface area contributed by atoms with Crippen molar-refractivity contribution in [2.75, 3.05) is 12.3 Å². The van der Waals surface area contributed by atoms with Crippen LogP contribution in [0, 0.1) is 0 Å². The Morgan fingerprint density at radius 2 is 2.14 bits per heavy atom. The van der Waals surface area contributed by atoms with Crippen LogP contribution in [0.5, 0.6) is 5.75 Å². The summed E-state index contributed by atoms with van der Waals surface area (Å²) in [6.45, 7) is 0.249. The number of halogens is 1. The summed E-state index contributed by atoms with van der Waals surface area (Å²) >= 11 is 0. The second kappa shape index (κ2) is 4.57. The van der Waals surface area contributed by atoms with Crippen LogP contribution in [-0.4, -0.2) is 12.3 Å². The molecule has 0 unspecified atom stereocenters. The smallest absolute Gasteiger partial charge is 0.174 e. The lowest BCUT2D eigenvalue weighted by molar-refractivity contribution is -0.00619. The predicted octanol–water partition coefficient (Wildman–Crippen LogP) is 1.06. The summed E-state index contributed by atoms with van der Waals surface area (Å²) in [7, 11) is 0. The van der Waals surface area contributed by atoms with Crippen LogP contribution in [0.1, 0.15) is 16.8 Å². The molecule has 0 bridgehead atoms. The first-order chi connectivity index (χ1) is 6.67. The van der Waals surface area contributed by atoms with E-state index in [2.05, 4.69) is 4.94 Å². The third-order valence-corrected chi connectivity index (χ3v) is 1.71. The summed E-state index contributed by atoms with van der Waals surface area (Å²) in [6, 6.07) is 4.04. The number of hydrogen-bond donors (Lipinski definition) is 2. The van der Waals surface area contributed by atoms with Crippen LogP contribution in [0.15, 0.2) is 18.2 Å². The van der Waals surface area contributed by atoms with Gasteiger partial charge in [0, 0.05) is 28.3 Å². The summed E-state index contributed by atoms with van der Waals surface area (Å²) in [5.74, 6) is -0.261. The molecule has 0 aliphatic carbocycles. The van der Waals surface area contributed by atoms with Crippen LogP contribution in [-0.2, 0) is 0 Å². The van der Waals surface area contributed by atoms with Crippen molar-refractivity contribution in [2.24, 2.45) is 5.73 Å². The lowest BCUT2D eigenvalue weighted by atomic mass is 10.1. The Labute approximate surface area is 80.5 Å². The molecule has 76 valence electrons. The molecular formula is C9H11FN2O2. The van der Waals surface area contributed by atoms with Crippen molar-refractivity contribution in [2.45, 2.75) is 6.42 Å². The van der Waals surface area contributed by atoms with Gasteiger partial charge in [-0.05, 0) is 18.7 Å². The zero-order valence-electron chi connectivity index (χ0n) is 7.50. The van der Waals surface area contributed by atoms with Gasteiger partial charge in [-0.2, -0.15) is 0 Å². The summed E-state index contributed by atoms with van der Waals surface area (Å²) in [6.07, 6.45) is 0.204. The molecule has 1 aromatic rings. The van der Waals surface area contributed by atoms with Crippen molar-refractivity contribution in [1.29, 1.82) is 0 Å². The molecule has 0 radical (unpaired) electrons. The van der Waals surface area contributed by atoms with Gasteiger partial charge in [-0.1, -0.05) is 0 Å². The van der Waals surface area contributed by atoms with E-state index in [1.54, 1.807) is 0 Å². The number of nitrogens with two attached hydrogens (primary N) is 2. The van der Waals surface area contributed by atoms with E-state index in [1.165, 1.54) is 18.2 Å². The third-order valence-electron chi connectivity index (χ3n) is 1.71. The summed E-state index contributed by atoms with van der Waals surface area (Å²) in [5.41, 5.74) is 11.2. The molecule has 0 aliphatic heterocycles. The maximum absolute atomic E-state index is 11.8. The second-order valence-electron chi connectivity index (χ2n) is 2.83. The second-order valence-corrected chi connectivity index (χ2v) is 2.83. The molecule has 4 N–H and O–H groups in total. The van der Waals surface area contributed by atoms with Gasteiger partial charge < -0.3 is 11.5 Å². The van der Waals surface area contributed by atoms with E-state index in [4.69, 9.17) is 11.5 Å². The number of Topliss-reactive ketones (excluding diaryl/α,β-unsaturated/α-hetero) is 1. The van der Waals surface area contributed by atoms with Gasteiger partial charge in [-0.3, -0.25) is 9.74 Å². The molecule has 0 aromatic heterocycles. The molecule has 0 spiro atoms. The van der Waals surface area contributed by atoms with Crippen LogP contribution < -0.4 is 16.4 Å². The van der Waals surface area contributed by atoms with E-state index in [0.29, 0.717) is 5.56 Å². The number of nitrogen functional groups attached to an aromatic ring is 1. The van der Waals surface area contributed by atoms with Crippen molar-refractivity contribution in [3.63, 3.8) is 0 Å². The number of carbonyl (C=O) groups excluding carboxylic acids is 1. The van der Waals surface area contributed by atoms with Crippen LogP contribution in [0.4, 0.5) is 10.2 Å². The molecule has 0 saturated heterocycles. The Bertz CT molecular complexity index is 342. The van der Waals surface area contributed by atoms with E-state index in [1.807, 2.05) is 0 Å². The molecule has 4 nitrogen and oxygen atoms in total. The number of rotatable bonds is 4. The van der Waals surface area contributed by atoms with Crippen molar-refractivity contribution in [3.05, 3.63) is 23.8 Å². The quantitative estimate of drug-likeness (QED) is 0.560. The molecule has 0 aliphatic rings. The zero-order chi connectivity index (χ0) is 10.6. The number of hydrogen-bond acceptors (Lipinski definition) is 4. The highest BCUT2D eigenvalue weighted by molar-refractivity contribution is 5.97. The molecule has 5 heteroatoms. The van der Waals surface area contributed by atoms with Gasteiger partial charge in [0.15, 0.2) is 11.5 Å². The lowest BCUT2D eigenvalue weighted by Crippen LogP contribution is -2.08. The van der Waals surface area contributed by atoms with E-state index in [9.17, 15) is 9.32 Å². The fraction of sp³-hybridized carbons (Fsp3) is 0.222. The Hall–Kier alpha value is -1.62. The largest absolute Gasteiger partial charge is 0.399 e. The molecule has 0 saturated carbocycles. The minimum atomic E-state index is -0.182. The highest BCUT2D eigenvalue weighted by atomic mass is 19.3.